The molecule has 0 amide bonds. The lowest BCUT2D eigenvalue weighted by Gasteiger charge is -2.26. The van der Waals surface area contributed by atoms with Gasteiger partial charge in [-0.15, -0.1) is 0 Å². The maximum atomic E-state index is 4.05. The SMILES string of the molecule is CC(CNC(C)(C)C)C(C)Cc1ccncc1. The number of aromatic nitrogens is 1. The molecule has 96 valence electrons. The second kappa shape index (κ2) is 6.15. The Morgan fingerprint density at radius 2 is 1.71 bits per heavy atom. The molecule has 0 bridgehead atoms. The Balaban J connectivity index is 2.40. The first kappa shape index (κ1) is 14.2. The summed E-state index contributed by atoms with van der Waals surface area (Å²) in [5, 5.41) is 3.58. The Labute approximate surface area is 106 Å². The second-order valence-corrected chi connectivity index (χ2v) is 6.15. The maximum absolute atomic E-state index is 4.05. The summed E-state index contributed by atoms with van der Waals surface area (Å²) in [5.74, 6) is 1.37. The molecule has 0 saturated carbocycles. The first-order valence-electron chi connectivity index (χ1n) is 6.52. The molecular formula is C15H26N2. The number of hydrogen-bond donors (Lipinski definition) is 1. The fraction of sp³-hybridized carbons (Fsp3) is 0.667. The van der Waals surface area contributed by atoms with Crippen LogP contribution in [0, 0.1) is 11.8 Å². The second-order valence-electron chi connectivity index (χ2n) is 6.15. The summed E-state index contributed by atoms with van der Waals surface area (Å²) in [7, 11) is 0. The average molecular weight is 234 g/mol. The van der Waals surface area contributed by atoms with Gasteiger partial charge in [-0.1, -0.05) is 13.8 Å². The van der Waals surface area contributed by atoms with Gasteiger partial charge in [0.05, 0.1) is 0 Å². The maximum Gasteiger partial charge on any atom is 0.0270 e. The number of rotatable bonds is 5. The topological polar surface area (TPSA) is 24.9 Å². The largest absolute Gasteiger partial charge is 0.312 e. The Bertz CT molecular complexity index is 313. The van der Waals surface area contributed by atoms with Crippen LogP contribution in [0.25, 0.3) is 0 Å². The van der Waals surface area contributed by atoms with Crippen molar-refractivity contribution in [2.45, 2.75) is 46.6 Å². The number of pyridine rings is 1. The molecule has 0 spiro atoms. The molecule has 0 fully saturated rings. The molecule has 0 saturated heterocycles. The third-order valence-electron chi connectivity index (χ3n) is 3.23. The van der Waals surface area contributed by atoms with Crippen LogP contribution in [0.4, 0.5) is 0 Å². The minimum absolute atomic E-state index is 0.213. The van der Waals surface area contributed by atoms with Crippen molar-refractivity contribution in [3.05, 3.63) is 30.1 Å². The van der Waals surface area contributed by atoms with Gasteiger partial charge in [0.1, 0.15) is 0 Å². The average Bonchev–Trinajstić information content (AvgIpc) is 2.26. The molecule has 2 unspecified atom stereocenters. The lowest BCUT2D eigenvalue weighted by molar-refractivity contribution is 0.317. The predicted molar refractivity (Wildman–Crippen MR) is 74.0 cm³/mol. The zero-order valence-electron chi connectivity index (χ0n) is 11.8. The van der Waals surface area contributed by atoms with E-state index in [0.717, 1.165) is 13.0 Å². The van der Waals surface area contributed by atoms with Crippen LogP contribution >= 0.6 is 0 Å². The monoisotopic (exact) mass is 234 g/mol. The number of nitrogens with one attached hydrogen (secondary N) is 1. The fourth-order valence-corrected chi connectivity index (χ4v) is 1.76. The molecule has 0 aliphatic carbocycles. The molecule has 1 rings (SSSR count). The molecule has 0 radical (unpaired) electrons. The van der Waals surface area contributed by atoms with Gasteiger partial charge in [-0.2, -0.15) is 0 Å². The third kappa shape index (κ3) is 5.83. The highest BCUT2D eigenvalue weighted by atomic mass is 14.9. The van der Waals surface area contributed by atoms with E-state index >= 15 is 0 Å². The van der Waals surface area contributed by atoms with Crippen molar-refractivity contribution in [1.29, 1.82) is 0 Å². The standard InChI is InChI=1S/C15H26N2/c1-12(10-14-6-8-16-9-7-14)13(2)11-17-15(3,4)5/h6-9,12-13,17H,10-11H2,1-5H3. The van der Waals surface area contributed by atoms with E-state index in [4.69, 9.17) is 0 Å². The van der Waals surface area contributed by atoms with Gasteiger partial charge in [0.25, 0.3) is 0 Å². The van der Waals surface area contributed by atoms with Crippen LogP contribution in [0.3, 0.4) is 0 Å². The summed E-state index contributed by atoms with van der Waals surface area (Å²) in [6.07, 6.45) is 4.88. The van der Waals surface area contributed by atoms with Crippen LogP contribution in [-0.2, 0) is 6.42 Å². The van der Waals surface area contributed by atoms with Crippen LogP contribution in [-0.4, -0.2) is 17.1 Å². The summed E-state index contributed by atoms with van der Waals surface area (Å²) in [5.41, 5.74) is 1.60. The van der Waals surface area contributed by atoms with Gasteiger partial charge in [0.15, 0.2) is 0 Å². The normalized spacial score (nSPS) is 15.6. The highest BCUT2D eigenvalue weighted by Crippen LogP contribution is 2.16. The molecule has 1 N–H and O–H groups in total. The number of hydrogen-bond acceptors (Lipinski definition) is 2. The lowest BCUT2D eigenvalue weighted by atomic mass is 9.89. The zero-order chi connectivity index (χ0) is 12.9. The Morgan fingerprint density at radius 1 is 1.12 bits per heavy atom. The van der Waals surface area contributed by atoms with Crippen molar-refractivity contribution in [1.82, 2.24) is 10.3 Å². The van der Waals surface area contributed by atoms with Gasteiger partial charge < -0.3 is 5.32 Å². The van der Waals surface area contributed by atoms with Crippen LogP contribution in [0.5, 0.6) is 0 Å². The van der Waals surface area contributed by atoms with Crippen LogP contribution in [0.2, 0.25) is 0 Å². The van der Waals surface area contributed by atoms with Gasteiger partial charge >= 0.3 is 0 Å². The van der Waals surface area contributed by atoms with Gasteiger partial charge in [0.2, 0.25) is 0 Å². The van der Waals surface area contributed by atoms with Crippen molar-refractivity contribution < 1.29 is 0 Å². The van der Waals surface area contributed by atoms with E-state index in [1.807, 2.05) is 12.4 Å². The van der Waals surface area contributed by atoms with Crippen LogP contribution in [0.15, 0.2) is 24.5 Å². The van der Waals surface area contributed by atoms with Gasteiger partial charge in [0, 0.05) is 17.9 Å². The Hall–Kier alpha value is -0.890. The third-order valence-corrected chi connectivity index (χ3v) is 3.23. The molecule has 0 aliphatic heterocycles. The minimum atomic E-state index is 0.213. The fourth-order valence-electron chi connectivity index (χ4n) is 1.76. The van der Waals surface area contributed by atoms with Gasteiger partial charge in [-0.3, -0.25) is 4.98 Å². The van der Waals surface area contributed by atoms with Gasteiger partial charge in [-0.25, -0.2) is 0 Å². The first-order chi connectivity index (χ1) is 7.88. The van der Waals surface area contributed by atoms with E-state index in [1.165, 1.54) is 5.56 Å². The van der Waals surface area contributed by atoms with Crippen molar-refractivity contribution in [2.24, 2.45) is 11.8 Å². The Kier molecular flexibility index (Phi) is 5.13. The lowest BCUT2D eigenvalue weighted by Crippen LogP contribution is -2.40. The molecule has 0 aromatic carbocycles. The van der Waals surface area contributed by atoms with E-state index in [-0.39, 0.29) is 5.54 Å². The highest BCUT2D eigenvalue weighted by molar-refractivity contribution is 5.10. The van der Waals surface area contributed by atoms with E-state index in [0.29, 0.717) is 11.8 Å². The van der Waals surface area contributed by atoms with Crippen molar-refractivity contribution in [2.75, 3.05) is 6.54 Å². The summed E-state index contributed by atoms with van der Waals surface area (Å²) in [4.78, 5) is 4.05. The molecular weight excluding hydrogens is 208 g/mol. The smallest absolute Gasteiger partial charge is 0.0270 e. The van der Waals surface area contributed by atoms with Crippen LogP contribution in [0.1, 0.15) is 40.2 Å². The molecule has 2 atom stereocenters. The molecule has 0 aliphatic rings. The summed E-state index contributed by atoms with van der Waals surface area (Å²) < 4.78 is 0. The molecule has 1 heterocycles. The van der Waals surface area contributed by atoms with Crippen LogP contribution < -0.4 is 5.32 Å². The highest BCUT2D eigenvalue weighted by Gasteiger charge is 2.16. The van der Waals surface area contributed by atoms with Gasteiger partial charge in [-0.05, 0) is 63.3 Å². The quantitative estimate of drug-likeness (QED) is 0.845. The van der Waals surface area contributed by atoms with Crippen molar-refractivity contribution in [3.8, 4) is 0 Å². The predicted octanol–water partition coefficient (Wildman–Crippen LogP) is 3.28. The van der Waals surface area contributed by atoms with E-state index in [2.05, 4.69) is 57.1 Å². The summed E-state index contributed by atoms with van der Waals surface area (Å²) in [6.45, 7) is 12.4. The van der Waals surface area contributed by atoms with E-state index in [9.17, 15) is 0 Å². The molecule has 1 aromatic heterocycles. The first-order valence-corrected chi connectivity index (χ1v) is 6.52. The van der Waals surface area contributed by atoms with Crippen molar-refractivity contribution in [3.63, 3.8) is 0 Å². The van der Waals surface area contributed by atoms with Crippen molar-refractivity contribution >= 4 is 0 Å². The molecule has 2 heteroatoms. The zero-order valence-corrected chi connectivity index (χ0v) is 11.8. The minimum Gasteiger partial charge on any atom is -0.312 e. The summed E-state index contributed by atoms with van der Waals surface area (Å²) >= 11 is 0. The summed E-state index contributed by atoms with van der Waals surface area (Å²) in [6, 6.07) is 4.22. The van der Waals surface area contributed by atoms with E-state index in [1.54, 1.807) is 0 Å². The van der Waals surface area contributed by atoms with E-state index < -0.39 is 0 Å². The Morgan fingerprint density at radius 3 is 2.24 bits per heavy atom. The molecule has 17 heavy (non-hydrogen) atoms. The molecule has 1 aromatic rings. The molecule has 2 nitrogen and oxygen atoms in total. The number of nitrogens with zero attached hydrogens (tertiary/aromatic N) is 1.